The van der Waals surface area contributed by atoms with Gasteiger partial charge < -0.3 is 4.74 Å². The minimum Gasteiger partial charge on any atom is -0.372 e. The van der Waals surface area contributed by atoms with Gasteiger partial charge in [-0.3, -0.25) is 0 Å². The maximum Gasteiger partial charge on any atom is 0.0965 e. The summed E-state index contributed by atoms with van der Waals surface area (Å²) in [5.74, 6) is 0. The van der Waals surface area contributed by atoms with Crippen molar-refractivity contribution in [2.45, 2.75) is 40.0 Å². The quantitative estimate of drug-likeness (QED) is 0.554. The van der Waals surface area contributed by atoms with Gasteiger partial charge in [-0.05, 0) is 19.3 Å². The van der Waals surface area contributed by atoms with Crippen molar-refractivity contribution in [1.82, 2.24) is 0 Å². The van der Waals surface area contributed by atoms with Gasteiger partial charge in [0.2, 0.25) is 0 Å². The van der Waals surface area contributed by atoms with Crippen molar-refractivity contribution in [3.8, 4) is 0 Å². The molecular weight excluding hydrogens is 112 g/mol. The molecule has 1 nitrogen and oxygen atoms in total. The Kier molecular flexibility index (Phi) is 6.06. The molecule has 0 amide bonds. The molecule has 1 radical (unpaired) electrons. The van der Waals surface area contributed by atoms with Crippen LogP contribution in [0.3, 0.4) is 0 Å². The number of rotatable bonds is 5. The lowest BCUT2D eigenvalue weighted by Crippen LogP contribution is -2.01. The summed E-state index contributed by atoms with van der Waals surface area (Å²) in [6, 6.07) is 0. The minimum atomic E-state index is 0.886. The average Bonchev–Trinajstić information content (AvgIpc) is 1.91. The topological polar surface area (TPSA) is 9.23 Å². The summed E-state index contributed by atoms with van der Waals surface area (Å²) >= 11 is 0. The molecule has 0 rings (SSSR count). The van der Waals surface area contributed by atoms with E-state index in [1.807, 2.05) is 0 Å². The van der Waals surface area contributed by atoms with Gasteiger partial charge in [0.05, 0.1) is 6.10 Å². The fourth-order valence-electron chi connectivity index (χ4n) is 0.701. The third-order valence-corrected chi connectivity index (χ3v) is 1.30. The van der Waals surface area contributed by atoms with Gasteiger partial charge in [0.1, 0.15) is 0 Å². The Morgan fingerprint density at radius 3 is 2.00 bits per heavy atom. The molecule has 0 aliphatic rings. The fraction of sp³-hybridized carbons (Fsp3) is 0.875. The molecule has 0 aromatic carbocycles. The first-order chi connectivity index (χ1) is 4.35. The van der Waals surface area contributed by atoms with Gasteiger partial charge >= 0.3 is 0 Å². The maximum atomic E-state index is 5.41. The number of ether oxygens (including phenoxy) is 1. The Labute approximate surface area is 58.4 Å². The van der Waals surface area contributed by atoms with Crippen LogP contribution in [-0.2, 0) is 4.74 Å². The van der Waals surface area contributed by atoms with Crippen molar-refractivity contribution in [1.29, 1.82) is 0 Å². The van der Waals surface area contributed by atoms with Crippen LogP contribution in [0.15, 0.2) is 0 Å². The Balaban J connectivity index is 3.09. The Hall–Kier alpha value is -0.0400. The third-order valence-electron chi connectivity index (χ3n) is 1.30. The van der Waals surface area contributed by atoms with E-state index in [4.69, 9.17) is 4.74 Å². The third kappa shape index (κ3) is 4.46. The van der Waals surface area contributed by atoms with Gasteiger partial charge in [-0.1, -0.05) is 20.8 Å². The molecule has 1 heteroatoms. The van der Waals surface area contributed by atoms with Crippen molar-refractivity contribution >= 4 is 0 Å². The molecule has 0 atom stereocenters. The van der Waals surface area contributed by atoms with E-state index >= 15 is 0 Å². The molecule has 0 heterocycles. The molecule has 0 aliphatic heterocycles. The highest BCUT2D eigenvalue weighted by molar-refractivity contribution is 4.72. The molecule has 0 unspecified atom stereocenters. The highest BCUT2D eigenvalue weighted by Crippen LogP contribution is 2.11. The van der Waals surface area contributed by atoms with Crippen molar-refractivity contribution < 1.29 is 4.74 Å². The zero-order valence-corrected chi connectivity index (χ0v) is 6.74. The van der Waals surface area contributed by atoms with E-state index in [1.54, 1.807) is 0 Å². The van der Waals surface area contributed by atoms with Crippen LogP contribution >= 0.6 is 0 Å². The van der Waals surface area contributed by atoms with Crippen molar-refractivity contribution in [2.24, 2.45) is 0 Å². The summed E-state index contributed by atoms with van der Waals surface area (Å²) in [6.07, 6.45) is 4.48. The summed E-state index contributed by atoms with van der Waals surface area (Å²) in [7, 11) is 0. The molecule has 0 bridgehead atoms. The van der Waals surface area contributed by atoms with Gasteiger partial charge in [-0.25, -0.2) is 0 Å². The molecule has 9 heavy (non-hydrogen) atoms. The standard InChI is InChI=1S/C8H17O/c1-4-7-9-8(5-2)6-3/h4-7H2,1-3H3. The van der Waals surface area contributed by atoms with Crippen LogP contribution in [0, 0.1) is 6.10 Å². The van der Waals surface area contributed by atoms with Gasteiger partial charge in [-0.2, -0.15) is 0 Å². The van der Waals surface area contributed by atoms with Crippen LogP contribution in [0.1, 0.15) is 40.0 Å². The SMILES string of the molecule is CCCO[C](CC)CC. The second kappa shape index (κ2) is 6.09. The summed E-state index contributed by atoms with van der Waals surface area (Å²) in [5.41, 5.74) is 0. The van der Waals surface area contributed by atoms with Crippen LogP contribution in [0.4, 0.5) is 0 Å². The lowest BCUT2D eigenvalue weighted by molar-refractivity contribution is 0.132. The number of hydrogen-bond acceptors (Lipinski definition) is 1. The highest BCUT2D eigenvalue weighted by Gasteiger charge is 2.01. The highest BCUT2D eigenvalue weighted by atomic mass is 16.5. The Morgan fingerprint density at radius 2 is 1.67 bits per heavy atom. The van der Waals surface area contributed by atoms with Crippen LogP contribution in [0.2, 0.25) is 0 Å². The molecular formula is C8H17O. The lowest BCUT2D eigenvalue weighted by Gasteiger charge is -2.10. The minimum absolute atomic E-state index is 0.886. The summed E-state index contributed by atoms with van der Waals surface area (Å²) in [4.78, 5) is 0. The van der Waals surface area contributed by atoms with Gasteiger partial charge in [-0.15, -0.1) is 0 Å². The number of hydrogen-bond donors (Lipinski definition) is 0. The zero-order chi connectivity index (χ0) is 7.11. The van der Waals surface area contributed by atoms with Crippen LogP contribution in [-0.4, -0.2) is 6.61 Å². The Bertz CT molecular complexity index is 48.5. The van der Waals surface area contributed by atoms with E-state index in [-0.39, 0.29) is 0 Å². The predicted molar refractivity (Wildman–Crippen MR) is 40.1 cm³/mol. The molecule has 55 valence electrons. The van der Waals surface area contributed by atoms with Crippen LogP contribution in [0.5, 0.6) is 0 Å². The molecule has 0 saturated heterocycles. The van der Waals surface area contributed by atoms with Crippen molar-refractivity contribution in [3.63, 3.8) is 0 Å². The molecule has 0 N–H and O–H groups in total. The predicted octanol–water partition coefficient (Wildman–Crippen LogP) is 2.76. The summed E-state index contributed by atoms with van der Waals surface area (Å²) in [5, 5.41) is 0. The maximum absolute atomic E-state index is 5.41. The van der Waals surface area contributed by atoms with Crippen LogP contribution < -0.4 is 0 Å². The van der Waals surface area contributed by atoms with E-state index in [2.05, 4.69) is 20.8 Å². The Morgan fingerprint density at radius 1 is 1.11 bits per heavy atom. The van der Waals surface area contributed by atoms with Gasteiger partial charge in [0, 0.05) is 6.61 Å². The average molecular weight is 129 g/mol. The van der Waals surface area contributed by atoms with E-state index in [0.29, 0.717) is 0 Å². The molecule has 0 fully saturated rings. The summed E-state index contributed by atoms with van der Waals surface area (Å²) in [6.45, 7) is 7.28. The van der Waals surface area contributed by atoms with Crippen molar-refractivity contribution in [2.75, 3.05) is 6.61 Å². The first-order valence-corrected chi connectivity index (χ1v) is 3.82. The monoisotopic (exact) mass is 129 g/mol. The van der Waals surface area contributed by atoms with E-state index < -0.39 is 0 Å². The molecule has 0 saturated carbocycles. The summed E-state index contributed by atoms with van der Waals surface area (Å²) < 4.78 is 5.41. The van der Waals surface area contributed by atoms with Crippen molar-refractivity contribution in [3.05, 3.63) is 6.10 Å². The molecule has 0 aromatic rings. The molecule has 0 aromatic heterocycles. The fourth-order valence-corrected chi connectivity index (χ4v) is 0.701. The smallest absolute Gasteiger partial charge is 0.0965 e. The van der Waals surface area contributed by atoms with E-state index in [0.717, 1.165) is 25.9 Å². The van der Waals surface area contributed by atoms with Crippen LogP contribution in [0.25, 0.3) is 0 Å². The molecule has 0 aliphatic carbocycles. The second-order valence-corrected chi connectivity index (χ2v) is 2.09. The molecule has 0 spiro atoms. The van der Waals surface area contributed by atoms with E-state index in [1.165, 1.54) is 6.10 Å². The van der Waals surface area contributed by atoms with E-state index in [9.17, 15) is 0 Å². The second-order valence-electron chi connectivity index (χ2n) is 2.09. The van der Waals surface area contributed by atoms with Gasteiger partial charge in [0.15, 0.2) is 0 Å². The lowest BCUT2D eigenvalue weighted by atomic mass is 10.2. The van der Waals surface area contributed by atoms with Gasteiger partial charge in [0.25, 0.3) is 0 Å². The first-order valence-electron chi connectivity index (χ1n) is 3.82. The first kappa shape index (κ1) is 8.96. The largest absolute Gasteiger partial charge is 0.372 e. The zero-order valence-electron chi connectivity index (χ0n) is 6.74. The normalized spacial score (nSPS) is 10.7.